The van der Waals surface area contributed by atoms with E-state index in [1.807, 2.05) is 23.7 Å². The average molecular weight is 472 g/mol. The molecule has 1 aromatic carbocycles. The van der Waals surface area contributed by atoms with Crippen molar-refractivity contribution in [3.05, 3.63) is 77.6 Å². The monoisotopic (exact) mass is 471 g/mol. The molecule has 3 aromatic heterocycles. The van der Waals surface area contributed by atoms with Crippen molar-refractivity contribution < 1.29 is 14.7 Å². The zero-order chi connectivity index (χ0) is 23.3. The average Bonchev–Trinajstić information content (AvgIpc) is 3.38. The van der Waals surface area contributed by atoms with Gasteiger partial charge in [0.2, 0.25) is 0 Å². The highest BCUT2D eigenvalue weighted by molar-refractivity contribution is 7.17. The van der Waals surface area contributed by atoms with E-state index in [0.29, 0.717) is 6.54 Å². The lowest BCUT2D eigenvalue weighted by atomic mass is 9.50. The first kappa shape index (κ1) is 21.1. The van der Waals surface area contributed by atoms with Crippen LogP contribution >= 0.6 is 11.3 Å². The first-order valence-electron chi connectivity index (χ1n) is 11.6. The molecular weight excluding hydrogens is 446 g/mol. The van der Waals surface area contributed by atoms with Crippen LogP contribution in [-0.4, -0.2) is 32.6 Å². The molecule has 2 N–H and O–H groups in total. The number of hydrogen-bond acceptors (Lipinski definition) is 4. The quantitative estimate of drug-likeness (QED) is 0.406. The van der Waals surface area contributed by atoms with Crippen molar-refractivity contribution >= 4 is 33.4 Å². The molecule has 0 bridgehead atoms. The Hall–Kier alpha value is -3.45. The molecule has 172 valence electrons. The van der Waals surface area contributed by atoms with Crippen LogP contribution in [0.1, 0.15) is 41.6 Å². The Morgan fingerprint density at radius 3 is 2.44 bits per heavy atom. The van der Waals surface area contributed by atoms with Crippen LogP contribution in [0.25, 0.3) is 21.3 Å². The van der Waals surface area contributed by atoms with Crippen LogP contribution in [0.2, 0.25) is 0 Å². The summed E-state index contributed by atoms with van der Waals surface area (Å²) in [6.07, 6.45) is 8.92. The Bertz CT molecular complexity index is 1360. The molecule has 2 aliphatic rings. The summed E-state index contributed by atoms with van der Waals surface area (Å²) < 4.78 is 3.25. The van der Waals surface area contributed by atoms with E-state index in [1.165, 1.54) is 5.56 Å². The van der Waals surface area contributed by atoms with Gasteiger partial charge in [-0.2, -0.15) is 0 Å². The van der Waals surface area contributed by atoms with Crippen molar-refractivity contribution in [3.63, 3.8) is 0 Å². The normalized spacial score (nSPS) is 23.4. The maximum absolute atomic E-state index is 13.1. The van der Waals surface area contributed by atoms with E-state index < -0.39 is 5.97 Å². The van der Waals surface area contributed by atoms with Crippen LogP contribution in [0, 0.1) is 11.3 Å². The van der Waals surface area contributed by atoms with Crippen LogP contribution in [0.15, 0.2) is 66.4 Å². The fourth-order valence-corrected chi connectivity index (χ4v) is 6.64. The van der Waals surface area contributed by atoms with Gasteiger partial charge in [0.05, 0.1) is 21.7 Å². The third-order valence-electron chi connectivity index (χ3n) is 7.45. The number of hydrogen-bond donors (Lipinski definition) is 2. The first-order chi connectivity index (χ1) is 16.5. The number of rotatable bonds is 6. The van der Waals surface area contributed by atoms with Gasteiger partial charge in [-0.25, -0.2) is 0 Å². The molecule has 6 rings (SSSR count). The number of carboxylic acids is 1. The number of pyridine rings is 1. The Morgan fingerprint density at radius 1 is 1.03 bits per heavy atom. The maximum atomic E-state index is 13.1. The molecule has 1 amide bonds. The third kappa shape index (κ3) is 3.70. The van der Waals surface area contributed by atoms with Crippen LogP contribution < -0.4 is 5.32 Å². The Morgan fingerprint density at radius 2 is 1.74 bits per heavy atom. The molecule has 3 heterocycles. The van der Waals surface area contributed by atoms with Crippen LogP contribution in [0.3, 0.4) is 0 Å². The van der Waals surface area contributed by atoms with E-state index in [4.69, 9.17) is 5.11 Å². The highest BCUT2D eigenvalue weighted by Gasteiger charge is 2.55. The number of nitrogens with one attached hydrogen (secondary N) is 1. The molecule has 7 heteroatoms. The second-order valence-corrected chi connectivity index (χ2v) is 10.7. The van der Waals surface area contributed by atoms with Gasteiger partial charge in [0, 0.05) is 36.6 Å². The Labute approximate surface area is 201 Å². The highest BCUT2D eigenvalue weighted by atomic mass is 32.1. The molecule has 6 nitrogen and oxygen atoms in total. The van der Waals surface area contributed by atoms with Gasteiger partial charge in [-0.3, -0.25) is 14.6 Å². The molecule has 0 atom stereocenters. The fraction of sp³-hybridized carbons (Fsp3) is 0.296. The highest BCUT2D eigenvalue weighted by Crippen LogP contribution is 2.58. The fourth-order valence-electron chi connectivity index (χ4n) is 5.69. The van der Waals surface area contributed by atoms with Crippen molar-refractivity contribution in [2.45, 2.75) is 38.3 Å². The second-order valence-electron chi connectivity index (χ2n) is 9.76. The SMILES string of the molecule is O=C(NC1CC2(C1)CC(C(=O)O)C2)c1csc2ccn(Cc3ccc(-c4ccncc4)cc3)c12. The number of aliphatic carboxylic acids is 1. The van der Waals surface area contributed by atoms with E-state index in [2.05, 4.69) is 45.2 Å². The number of aromatic nitrogens is 2. The van der Waals surface area contributed by atoms with Crippen molar-refractivity contribution in [2.24, 2.45) is 11.3 Å². The summed E-state index contributed by atoms with van der Waals surface area (Å²) in [6, 6.07) is 14.7. The summed E-state index contributed by atoms with van der Waals surface area (Å²) in [4.78, 5) is 28.3. The topological polar surface area (TPSA) is 84.2 Å². The third-order valence-corrected chi connectivity index (χ3v) is 8.39. The summed E-state index contributed by atoms with van der Waals surface area (Å²) in [5.41, 5.74) is 5.30. The van der Waals surface area contributed by atoms with Crippen molar-refractivity contribution in [1.29, 1.82) is 0 Å². The van der Waals surface area contributed by atoms with Crippen molar-refractivity contribution in [2.75, 3.05) is 0 Å². The van der Waals surface area contributed by atoms with E-state index >= 15 is 0 Å². The first-order valence-corrected chi connectivity index (χ1v) is 12.5. The molecule has 0 unspecified atom stereocenters. The molecule has 2 saturated carbocycles. The summed E-state index contributed by atoms with van der Waals surface area (Å²) in [5, 5.41) is 14.3. The van der Waals surface area contributed by atoms with Gasteiger partial charge in [0.15, 0.2) is 0 Å². The number of thiophene rings is 1. The molecular formula is C27H25N3O3S. The summed E-state index contributed by atoms with van der Waals surface area (Å²) in [5.74, 6) is -0.921. The van der Waals surface area contributed by atoms with Crippen LogP contribution in [-0.2, 0) is 11.3 Å². The van der Waals surface area contributed by atoms with Gasteiger partial charge in [0.1, 0.15) is 0 Å². The molecule has 34 heavy (non-hydrogen) atoms. The summed E-state index contributed by atoms with van der Waals surface area (Å²) in [7, 11) is 0. The van der Waals surface area contributed by atoms with Gasteiger partial charge in [-0.1, -0.05) is 24.3 Å². The largest absolute Gasteiger partial charge is 0.481 e. The van der Waals surface area contributed by atoms with Gasteiger partial charge in [-0.05, 0) is 66.0 Å². The number of benzene rings is 1. The minimum atomic E-state index is -0.688. The number of carbonyl (C=O) groups is 2. The number of fused-ring (bicyclic) bond motifs is 1. The molecule has 0 radical (unpaired) electrons. The molecule has 4 aromatic rings. The van der Waals surface area contributed by atoms with E-state index in [9.17, 15) is 9.59 Å². The van der Waals surface area contributed by atoms with Gasteiger partial charge in [-0.15, -0.1) is 11.3 Å². The maximum Gasteiger partial charge on any atom is 0.306 e. The number of nitrogens with zero attached hydrogens (tertiary/aromatic N) is 2. The lowest BCUT2D eigenvalue weighted by Gasteiger charge is -2.56. The van der Waals surface area contributed by atoms with Crippen LogP contribution in [0.4, 0.5) is 0 Å². The van der Waals surface area contributed by atoms with Gasteiger partial charge >= 0.3 is 5.97 Å². The number of carbonyl (C=O) groups excluding carboxylic acids is 1. The van der Waals surface area contributed by atoms with Crippen LogP contribution in [0.5, 0.6) is 0 Å². The van der Waals surface area contributed by atoms with Crippen molar-refractivity contribution in [1.82, 2.24) is 14.9 Å². The van der Waals surface area contributed by atoms with Gasteiger partial charge in [0.25, 0.3) is 5.91 Å². The molecule has 2 aliphatic carbocycles. The molecule has 2 fully saturated rings. The zero-order valence-electron chi connectivity index (χ0n) is 18.6. The minimum absolute atomic E-state index is 0.0341. The standard InChI is InChI=1S/C27H25N3O3S/c31-25(29-21-13-27(14-21)11-20(12-27)26(32)33)22-16-34-23-7-10-30(24(22)23)15-17-1-3-18(4-2-17)19-5-8-28-9-6-19/h1-10,16,20-21H,11-15H2,(H,29,31)(H,32,33). The lowest BCUT2D eigenvalue weighted by molar-refractivity contribution is -0.155. The molecule has 0 aliphatic heterocycles. The second kappa shape index (κ2) is 8.09. The summed E-state index contributed by atoms with van der Waals surface area (Å²) in [6.45, 7) is 0.695. The van der Waals surface area contributed by atoms with E-state index in [1.54, 1.807) is 23.7 Å². The zero-order valence-corrected chi connectivity index (χ0v) is 19.4. The Balaban J connectivity index is 1.14. The molecule has 0 saturated heterocycles. The van der Waals surface area contributed by atoms with E-state index in [0.717, 1.165) is 52.6 Å². The predicted molar refractivity (Wildman–Crippen MR) is 132 cm³/mol. The van der Waals surface area contributed by atoms with Crippen molar-refractivity contribution in [3.8, 4) is 11.1 Å². The summed E-state index contributed by atoms with van der Waals surface area (Å²) >= 11 is 1.59. The predicted octanol–water partition coefficient (Wildman–Crippen LogP) is 5.19. The minimum Gasteiger partial charge on any atom is -0.481 e. The number of carboxylic acid groups (broad SMARTS) is 1. The Kier molecular flexibility index (Phi) is 5.03. The lowest BCUT2D eigenvalue weighted by Crippen LogP contribution is -2.57. The molecule has 1 spiro atoms. The number of amides is 1. The van der Waals surface area contributed by atoms with Gasteiger partial charge < -0.3 is 15.0 Å². The van der Waals surface area contributed by atoms with E-state index in [-0.39, 0.29) is 23.3 Å². The smallest absolute Gasteiger partial charge is 0.306 e.